The van der Waals surface area contributed by atoms with E-state index in [0.717, 1.165) is 133 Å². The van der Waals surface area contributed by atoms with E-state index in [9.17, 15) is 48.3 Å². The van der Waals surface area contributed by atoms with Crippen molar-refractivity contribution in [3.05, 3.63) is 190 Å². The maximum absolute atomic E-state index is 14.0. The Balaban J connectivity index is 0.000000216. The summed E-state index contributed by atoms with van der Waals surface area (Å²) in [6.45, 7) is 12.1. The number of nitrogens with one attached hydrogen (secondary N) is 10. The lowest BCUT2D eigenvalue weighted by Gasteiger charge is -2.34. The second kappa shape index (κ2) is 35.6. The molecule has 0 saturated carbocycles. The van der Waals surface area contributed by atoms with E-state index in [1.165, 1.54) is 43.1 Å². The van der Waals surface area contributed by atoms with E-state index < -0.39 is 23.6 Å². The quantitative estimate of drug-likeness (QED) is 0.0123. The summed E-state index contributed by atoms with van der Waals surface area (Å²) in [4.78, 5) is 151. The van der Waals surface area contributed by atoms with Gasteiger partial charge in [0.05, 0.1) is 22.1 Å². The molecule has 119 heavy (non-hydrogen) atoms. The van der Waals surface area contributed by atoms with Gasteiger partial charge in [0.1, 0.15) is 11.4 Å². The van der Waals surface area contributed by atoms with Crippen LogP contribution in [0.3, 0.4) is 0 Å². The molecule has 0 spiro atoms. The van der Waals surface area contributed by atoms with Crippen molar-refractivity contribution in [2.75, 3.05) is 142 Å². The Morgan fingerprint density at radius 1 is 0.571 bits per heavy atom. The van der Waals surface area contributed by atoms with Crippen molar-refractivity contribution < 1.29 is 43.5 Å². The minimum atomic E-state index is -0.695. The van der Waals surface area contributed by atoms with Gasteiger partial charge in [0, 0.05) is 194 Å². The highest BCUT2D eigenvalue weighted by molar-refractivity contribution is 6.20. The predicted octanol–water partition coefficient (Wildman–Crippen LogP) is 7.51. The molecule has 10 heterocycles. The zero-order chi connectivity index (χ0) is 84.0. The van der Waals surface area contributed by atoms with E-state index in [4.69, 9.17) is 11.6 Å². The summed E-state index contributed by atoms with van der Waals surface area (Å²) >= 11 is 6.51. The first-order valence-electron chi connectivity index (χ1n) is 39.1. The number of carbonyl (C=O) groups is 8. The summed E-state index contributed by atoms with van der Waals surface area (Å²) in [5.41, 5.74) is 6.65. The number of imidazole rings is 5. The molecule has 8 amide bonds. The molecule has 1 unspecified atom stereocenters. The Labute approximate surface area is 687 Å². The topological polar surface area (TPSA) is 404 Å². The van der Waals surface area contributed by atoms with E-state index in [1.54, 1.807) is 88.3 Å². The number of H-pyrrole nitrogens is 1. The van der Waals surface area contributed by atoms with E-state index >= 15 is 0 Å². The van der Waals surface area contributed by atoms with Crippen LogP contribution >= 0.6 is 11.6 Å². The molecule has 0 radical (unpaired) electrons. The van der Waals surface area contributed by atoms with Gasteiger partial charge in [-0.2, -0.15) is 0 Å². The molecular formula is C83H94ClN25O10. The summed E-state index contributed by atoms with van der Waals surface area (Å²) in [5.74, 6) is -3.15. The number of nitrogens with zero attached hydrogens (tertiary/aromatic N) is 15. The van der Waals surface area contributed by atoms with Crippen molar-refractivity contribution in [1.29, 1.82) is 0 Å². The molecule has 8 aromatic heterocycles. The lowest BCUT2D eigenvalue weighted by Crippen LogP contribution is -2.47. The molecule has 1 atom stereocenters. The number of carbonyl (C=O) groups excluding carboxylic acids is 8. The molecule has 0 bridgehead atoms. The number of aromatic hydroxyl groups is 1. The van der Waals surface area contributed by atoms with Crippen molar-refractivity contribution >= 4 is 148 Å². The number of benzene rings is 5. The number of alkyl halides is 1. The van der Waals surface area contributed by atoms with Gasteiger partial charge in [0.25, 0.3) is 41.4 Å². The zero-order valence-electron chi connectivity index (χ0n) is 67.4. The third-order valence-electron chi connectivity index (χ3n) is 21.1. The van der Waals surface area contributed by atoms with Gasteiger partial charge in [-0.15, -0.1) is 11.6 Å². The Bertz CT molecular complexity index is 6120. The highest BCUT2D eigenvalue weighted by Crippen LogP contribution is 2.46. The van der Waals surface area contributed by atoms with Gasteiger partial charge in [0.15, 0.2) is 34.5 Å². The number of aromatic amines is 1. The highest BCUT2D eigenvalue weighted by Gasteiger charge is 2.36. The standard InChI is InChI=1S/C49H51ClN16O7.C34H43N9O3/c1-25-9-12-31-27(15-25)17-32(52-31)49(73)66-20-28(19-50)39-30-16-26(10-11-29(30)34(67)18-33(39)66)44(68)57-35-21-63(5)41(54-35)46(70)59-37-23-65(7)43(56-37)48(72)60-38-24-64(6)42(55-38)47(71)58-36-22-62(4)40(53-36)45(69)51-13-8-14-61(2)3;1-35-34(46)33-39-28(23-40(33)2)38-29(44)11-15-36-13-5-16-41-19-21-42(22-20-41)17-6-14-37-26-10-9-24-12-18-43-27-8-4-3-7-25(27)32(45)30(26)31(24)43/h9-12,15-18,21-24,28,52,67H,8,13-14,19-20H2,1-7H3,(H,51,69)(H,57,68)(H,58,71)(H,59,70)(H,60,72);3-4,7-10,12,18,23,36-37H,5-6,11,13-17,19-22H2,1-2H3,(H,35,46)(H,38,44). The van der Waals surface area contributed by atoms with Crippen molar-refractivity contribution in [2.24, 2.45) is 35.2 Å². The fourth-order valence-corrected chi connectivity index (χ4v) is 15.4. The largest absolute Gasteiger partial charge is 0.507 e. The van der Waals surface area contributed by atoms with Crippen LogP contribution in [0.4, 0.5) is 40.5 Å². The predicted molar refractivity (Wildman–Crippen MR) is 457 cm³/mol. The molecular weight excluding hydrogens is 1540 g/mol. The normalized spacial score (nSPS) is 13.6. The molecule has 1 fully saturated rings. The van der Waals surface area contributed by atoms with Crippen molar-refractivity contribution in [3.63, 3.8) is 0 Å². The van der Waals surface area contributed by atoms with Crippen LogP contribution in [0.5, 0.6) is 5.75 Å². The fourth-order valence-electron chi connectivity index (χ4n) is 15.2. The molecule has 11 N–H and O–H groups in total. The van der Waals surface area contributed by atoms with E-state index in [1.807, 2.05) is 74.4 Å². The molecule has 13 aromatic rings. The van der Waals surface area contributed by atoms with Crippen molar-refractivity contribution in [2.45, 2.75) is 38.5 Å². The summed E-state index contributed by atoms with van der Waals surface area (Å²) in [7, 11) is 13.5. The number of phenolic OH excluding ortho intramolecular Hbond substituents is 1. The first kappa shape index (κ1) is 82.2. The van der Waals surface area contributed by atoms with Gasteiger partial charge in [-0.1, -0.05) is 29.8 Å². The smallest absolute Gasteiger partial charge is 0.292 e. The van der Waals surface area contributed by atoms with Crippen LogP contribution in [0.25, 0.3) is 48.9 Å². The lowest BCUT2D eigenvalue weighted by molar-refractivity contribution is -0.116. The molecule has 618 valence electrons. The summed E-state index contributed by atoms with van der Waals surface area (Å²) in [6.07, 6.45) is 12.6. The van der Waals surface area contributed by atoms with Crippen LogP contribution in [0.2, 0.25) is 0 Å². The third-order valence-corrected chi connectivity index (χ3v) is 21.5. The first-order valence-corrected chi connectivity index (χ1v) is 39.6. The molecule has 1 saturated heterocycles. The number of anilines is 7. The molecule has 0 aliphatic carbocycles. The van der Waals surface area contributed by atoms with Gasteiger partial charge in [-0.05, 0) is 138 Å². The number of aryl methyl sites for hydroxylation is 6. The molecule has 2 aliphatic heterocycles. The third kappa shape index (κ3) is 18.1. The van der Waals surface area contributed by atoms with E-state index in [0.29, 0.717) is 47.5 Å². The lowest BCUT2D eigenvalue weighted by atomic mass is 9.94. The number of pyridine rings is 1. The average Bonchev–Trinajstić information content (AvgIpc) is 1.66. The van der Waals surface area contributed by atoms with Gasteiger partial charge in [-0.25, -0.2) is 24.9 Å². The highest BCUT2D eigenvalue weighted by atomic mass is 35.5. The van der Waals surface area contributed by atoms with Gasteiger partial charge in [-0.3, -0.25) is 43.2 Å². The van der Waals surface area contributed by atoms with Gasteiger partial charge < -0.3 is 105 Å². The Kier molecular flexibility index (Phi) is 24.6. The van der Waals surface area contributed by atoms with Crippen LogP contribution in [0, 0.1) is 6.92 Å². The van der Waals surface area contributed by atoms with Gasteiger partial charge in [0.2, 0.25) is 35.0 Å². The molecule has 5 aromatic carbocycles. The van der Waals surface area contributed by atoms with Crippen LogP contribution in [0.15, 0.2) is 133 Å². The van der Waals surface area contributed by atoms with Crippen LogP contribution in [-0.4, -0.2) is 230 Å². The summed E-state index contributed by atoms with van der Waals surface area (Å²) in [5, 5.41) is 41.4. The van der Waals surface area contributed by atoms with E-state index in [-0.39, 0.29) is 111 Å². The number of aromatic nitrogens is 12. The number of para-hydroxylation sites is 1. The average molecular weight is 1640 g/mol. The van der Waals surface area contributed by atoms with E-state index in [2.05, 4.69) is 110 Å². The number of hydrogen-bond acceptors (Lipinski definition) is 20. The van der Waals surface area contributed by atoms with Crippen molar-refractivity contribution in [1.82, 2.24) is 87.8 Å². The number of phenols is 1. The molecule has 2 aliphatic rings. The Morgan fingerprint density at radius 3 is 1.72 bits per heavy atom. The Hall–Kier alpha value is -13.4. The first-order chi connectivity index (χ1) is 57.3. The Morgan fingerprint density at radius 2 is 1.13 bits per heavy atom. The second-order valence-corrected chi connectivity index (χ2v) is 30.4. The number of amides is 8. The molecule has 35 nitrogen and oxygen atoms in total. The van der Waals surface area contributed by atoms with Crippen LogP contribution < -0.4 is 58.2 Å². The van der Waals surface area contributed by atoms with Crippen LogP contribution in [-0.2, 0) is 40.0 Å². The maximum atomic E-state index is 14.0. The van der Waals surface area contributed by atoms with Crippen LogP contribution in [0.1, 0.15) is 117 Å². The number of fused-ring (bicyclic) bond motifs is 6. The SMILES string of the molecule is CNC(=O)c1nc(NC(=O)CCNCCCN2CCN(CCCNc3ccc4ccn5c6ccccc6c(=O)c3c45)CC2)cn1C.Cc1ccc2[nH]c(C(=O)N3CC(CCl)c4c3cc(O)c3ccc(C(=O)Nc5cn(C)c(C(=O)Nc6cn(C)c(C(=O)Nc7cn(C)c(C(=O)Nc8cn(C)c(C(=O)NCCCN(C)C)n8)n7)n6)n5)cc43)cc2c1. The summed E-state index contributed by atoms with van der Waals surface area (Å²) in [6, 6.07) is 28.1. The summed E-state index contributed by atoms with van der Waals surface area (Å²) < 4.78 is 9.42. The molecule has 36 heteroatoms. The van der Waals surface area contributed by atoms with Gasteiger partial charge >= 0.3 is 0 Å². The fraction of sp³-hybridized carbons (Fsp3) is 0.325. The maximum Gasteiger partial charge on any atom is 0.292 e. The minimum Gasteiger partial charge on any atom is -0.507 e. The zero-order valence-corrected chi connectivity index (χ0v) is 68.2. The second-order valence-electron chi connectivity index (χ2n) is 30.1. The number of halogens is 1. The molecule has 15 rings (SSSR count). The number of piperazine rings is 1. The monoisotopic (exact) mass is 1640 g/mol. The number of rotatable bonds is 29. The minimum absolute atomic E-state index is 0.0168. The number of hydrogen-bond donors (Lipinski definition) is 11. The van der Waals surface area contributed by atoms with Crippen molar-refractivity contribution in [3.8, 4) is 5.75 Å².